The minimum Gasteiger partial charge on any atom is -0.355 e. The third-order valence-corrected chi connectivity index (χ3v) is 3.49. The van der Waals surface area contributed by atoms with Crippen molar-refractivity contribution < 1.29 is 4.79 Å². The Morgan fingerprint density at radius 3 is 2.81 bits per heavy atom. The summed E-state index contributed by atoms with van der Waals surface area (Å²) in [6.45, 7) is 9.22. The number of carbonyl (C=O) groups is 1. The lowest BCUT2D eigenvalue weighted by molar-refractivity contribution is -0.125. The minimum atomic E-state index is -0.218. The van der Waals surface area contributed by atoms with E-state index in [0.717, 1.165) is 18.7 Å². The first-order valence-electron chi connectivity index (χ1n) is 7.25. The molecule has 0 aliphatic carbocycles. The molecule has 5 heteroatoms. The van der Waals surface area contributed by atoms with Crippen molar-refractivity contribution in [3.8, 4) is 6.07 Å². The molecule has 0 bridgehead atoms. The molecule has 0 spiro atoms. The maximum Gasteiger partial charge on any atom is 0.225 e. The molecule has 1 aliphatic rings. The Balaban J connectivity index is 2.11. The van der Waals surface area contributed by atoms with Crippen LogP contribution in [0.25, 0.3) is 0 Å². The molecule has 1 atom stereocenters. The van der Waals surface area contributed by atoms with Gasteiger partial charge in [0.15, 0.2) is 0 Å². The molecule has 1 saturated heterocycles. The summed E-state index contributed by atoms with van der Waals surface area (Å²) in [5, 5.41) is 12.2. The van der Waals surface area contributed by atoms with Crippen molar-refractivity contribution in [2.75, 3.05) is 18.0 Å². The fourth-order valence-corrected chi connectivity index (χ4v) is 2.51. The molecule has 112 valence electrons. The highest BCUT2D eigenvalue weighted by molar-refractivity contribution is 5.80. The molecule has 1 unspecified atom stereocenters. The van der Waals surface area contributed by atoms with Gasteiger partial charge >= 0.3 is 0 Å². The SMILES string of the molecule is Cc1ccc(C#N)c(N2CCC(C(=O)NC(C)(C)C)C2)n1. The number of hydrogen-bond donors (Lipinski definition) is 1. The summed E-state index contributed by atoms with van der Waals surface area (Å²) < 4.78 is 0. The second kappa shape index (κ2) is 5.72. The monoisotopic (exact) mass is 286 g/mol. The van der Waals surface area contributed by atoms with Crippen molar-refractivity contribution in [1.82, 2.24) is 10.3 Å². The summed E-state index contributed by atoms with van der Waals surface area (Å²) >= 11 is 0. The largest absolute Gasteiger partial charge is 0.355 e. The standard InChI is InChI=1S/C16H22N4O/c1-11-5-6-12(9-17)14(18-11)20-8-7-13(10-20)15(21)19-16(2,3)4/h5-6,13H,7-8,10H2,1-4H3,(H,19,21). The molecule has 1 fully saturated rings. The van der Waals surface area contributed by atoms with Crippen LogP contribution in [0.5, 0.6) is 0 Å². The van der Waals surface area contributed by atoms with Crippen molar-refractivity contribution in [2.45, 2.75) is 39.7 Å². The van der Waals surface area contributed by atoms with E-state index >= 15 is 0 Å². The third-order valence-electron chi connectivity index (χ3n) is 3.49. The van der Waals surface area contributed by atoms with Gasteiger partial charge in [-0.25, -0.2) is 4.98 Å². The van der Waals surface area contributed by atoms with E-state index in [1.807, 2.05) is 38.7 Å². The smallest absolute Gasteiger partial charge is 0.225 e. The van der Waals surface area contributed by atoms with Crippen molar-refractivity contribution in [3.05, 3.63) is 23.4 Å². The van der Waals surface area contributed by atoms with Gasteiger partial charge < -0.3 is 10.2 Å². The lowest BCUT2D eigenvalue weighted by Crippen LogP contribution is -2.44. The molecular formula is C16H22N4O. The number of rotatable bonds is 2. The summed E-state index contributed by atoms with van der Waals surface area (Å²) in [7, 11) is 0. The van der Waals surface area contributed by atoms with Crippen LogP contribution in [-0.4, -0.2) is 29.5 Å². The van der Waals surface area contributed by atoms with Crippen LogP contribution in [0, 0.1) is 24.2 Å². The van der Waals surface area contributed by atoms with Crippen LogP contribution in [-0.2, 0) is 4.79 Å². The second-order valence-corrected chi connectivity index (χ2v) is 6.61. The highest BCUT2D eigenvalue weighted by atomic mass is 16.2. The van der Waals surface area contributed by atoms with Crippen molar-refractivity contribution >= 4 is 11.7 Å². The highest BCUT2D eigenvalue weighted by Gasteiger charge is 2.31. The van der Waals surface area contributed by atoms with Crippen LogP contribution >= 0.6 is 0 Å². The van der Waals surface area contributed by atoms with Gasteiger partial charge in [-0.2, -0.15) is 5.26 Å². The van der Waals surface area contributed by atoms with Crippen LogP contribution in [0.2, 0.25) is 0 Å². The van der Waals surface area contributed by atoms with E-state index < -0.39 is 0 Å². The summed E-state index contributed by atoms with van der Waals surface area (Å²) in [5.41, 5.74) is 1.23. The maximum absolute atomic E-state index is 12.2. The molecule has 1 aromatic heterocycles. The average molecular weight is 286 g/mol. The van der Waals surface area contributed by atoms with Gasteiger partial charge in [0, 0.05) is 24.3 Å². The van der Waals surface area contributed by atoms with Crippen LogP contribution in [0.3, 0.4) is 0 Å². The normalized spacial score (nSPS) is 18.4. The fourth-order valence-electron chi connectivity index (χ4n) is 2.51. The quantitative estimate of drug-likeness (QED) is 0.903. The number of pyridine rings is 1. The first kappa shape index (κ1) is 15.3. The van der Waals surface area contributed by atoms with Gasteiger partial charge in [-0.1, -0.05) is 0 Å². The minimum absolute atomic E-state index is 0.0434. The zero-order chi connectivity index (χ0) is 15.6. The molecule has 0 radical (unpaired) electrons. The zero-order valence-electron chi connectivity index (χ0n) is 13.1. The van der Waals surface area contributed by atoms with Gasteiger partial charge in [-0.3, -0.25) is 4.79 Å². The average Bonchev–Trinajstić information content (AvgIpc) is 2.86. The topological polar surface area (TPSA) is 69.0 Å². The lowest BCUT2D eigenvalue weighted by atomic mass is 10.0. The number of nitrogens with one attached hydrogen (secondary N) is 1. The summed E-state index contributed by atoms with van der Waals surface area (Å²) in [6, 6.07) is 5.80. The summed E-state index contributed by atoms with van der Waals surface area (Å²) in [4.78, 5) is 18.7. The molecule has 1 aromatic rings. The van der Waals surface area contributed by atoms with Gasteiger partial charge in [-0.05, 0) is 46.2 Å². The Labute approximate surface area is 126 Å². The van der Waals surface area contributed by atoms with E-state index in [9.17, 15) is 10.1 Å². The van der Waals surface area contributed by atoms with Gasteiger partial charge in [0.05, 0.1) is 11.5 Å². The molecule has 5 nitrogen and oxygen atoms in total. The molecular weight excluding hydrogens is 264 g/mol. The van der Waals surface area contributed by atoms with Crippen molar-refractivity contribution in [1.29, 1.82) is 5.26 Å². The van der Waals surface area contributed by atoms with E-state index in [4.69, 9.17) is 0 Å². The predicted octanol–water partition coefficient (Wildman–Crippen LogP) is 2.00. The van der Waals surface area contributed by atoms with Gasteiger partial charge in [0.2, 0.25) is 5.91 Å². The van der Waals surface area contributed by atoms with Gasteiger partial charge in [0.1, 0.15) is 11.9 Å². The summed E-state index contributed by atoms with van der Waals surface area (Å²) in [6.07, 6.45) is 0.794. The highest BCUT2D eigenvalue weighted by Crippen LogP contribution is 2.26. The van der Waals surface area contributed by atoms with Gasteiger partial charge in [0.25, 0.3) is 0 Å². The lowest BCUT2D eigenvalue weighted by Gasteiger charge is -2.23. The number of anilines is 1. The zero-order valence-corrected chi connectivity index (χ0v) is 13.1. The van der Waals surface area contributed by atoms with Crippen molar-refractivity contribution in [2.24, 2.45) is 5.92 Å². The first-order valence-corrected chi connectivity index (χ1v) is 7.25. The number of aromatic nitrogens is 1. The predicted molar refractivity (Wildman–Crippen MR) is 81.9 cm³/mol. The number of hydrogen-bond acceptors (Lipinski definition) is 4. The fraction of sp³-hybridized carbons (Fsp3) is 0.562. The maximum atomic E-state index is 12.2. The van der Waals surface area contributed by atoms with E-state index in [-0.39, 0.29) is 17.4 Å². The number of aryl methyl sites for hydroxylation is 1. The molecule has 21 heavy (non-hydrogen) atoms. The van der Waals surface area contributed by atoms with Crippen LogP contribution in [0.4, 0.5) is 5.82 Å². The molecule has 0 saturated carbocycles. The van der Waals surface area contributed by atoms with Crippen LogP contribution in [0.1, 0.15) is 38.4 Å². The Bertz CT molecular complexity index is 583. The number of carbonyl (C=O) groups excluding carboxylic acids is 1. The van der Waals surface area contributed by atoms with E-state index in [1.165, 1.54) is 0 Å². The molecule has 1 N–H and O–H groups in total. The Morgan fingerprint density at radius 2 is 2.19 bits per heavy atom. The molecule has 0 aromatic carbocycles. The Kier molecular flexibility index (Phi) is 4.17. The molecule has 1 amide bonds. The first-order chi connectivity index (χ1) is 9.80. The summed E-state index contributed by atoms with van der Waals surface area (Å²) in [5.74, 6) is 0.734. The molecule has 2 heterocycles. The number of nitriles is 1. The van der Waals surface area contributed by atoms with Crippen LogP contribution in [0.15, 0.2) is 12.1 Å². The Morgan fingerprint density at radius 1 is 1.48 bits per heavy atom. The second-order valence-electron chi connectivity index (χ2n) is 6.61. The van der Waals surface area contributed by atoms with E-state index in [2.05, 4.69) is 16.4 Å². The molecule has 1 aliphatic heterocycles. The molecule has 2 rings (SSSR count). The van der Waals surface area contributed by atoms with E-state index in [0.29, 0.717) is 17.9 Å². The van der Waals surface area contributed by atoms with E-state index in [1.54, 1.807) is 6.07 Å². The number of nitrogens with zero attached hydrogens (tertiary/aromatic N) is 3. The van der Waals surface area contributed by atoms with Crippen LogP contribution < -0.4 is 10.2 Å². The van der Waals surface area contributed by atoms with Crippen molar-refractivity contribution in [3.63, 3.8) is 0 Å². The number of amides is 1. The van der Waals surface area contributed by atoms with Gasteiger partial charge in [-0.15, -0.1) is 0 Å². The Hall–Kier alpha value is -2.09. The third kappa shape index (κ3) is 3.72.